The molecule has 0 fully saturated rings. The summed E-state index contributed by atoms with van der Waals surface area (Å²) in [7, 11) is 2.58. The molecule has 0 radical (unpaired) electrons. The highest BCUT2D eigenvalue weighted by Gasteiger charge is 2.34. The van der Waals surface area contributed by atoms with Crippen LogP contribution in [0.1, 0.15) is 72.1 Å². The average Bonchev–Trinajstić information content (AvgIpc) is 2.99. The van der Waals surface area contributed by atoms with E-state index in [1.165, 1.54) is 21.6 Å². The number of rotatable bonds is 25. The summed E-state index contributed by atoms with van der Waals surface area (Å²) in [5.74, 6) is -1.16. The Bertz CT molecular complexity index is 993. The fourth-order valence-electron chi connectivity index (χ4n) is 3.33. The largest absolute Gasteiger partial charge is 0.394 e. The van der Waals surface area contributed by atoms with Gasteiger partial charge in [-0.3, -0.25) is 14.4 Å². The van der Waals surface area contributed by atoms with Crippen molar-refractivity contribution in [2.24, 2.45) is 11.5 Å². The third-order valence-electron chi connectivity index (χ3n) is 6.08. The van der Waals surface area contributed by atoms with E-state index in [0.29, 0.717) is 6.42 Å². The molecule has 0 heterocycles. The van der Waals surface area contributed by atoms with Crippen molar-refractivity contribution in [3.63, 3.8) is 0 Å². The lowest BCUT2D eigenvalue weighted by Crippen LogP contribution is -2.53. The molecule has 0 saturated heterocycles. The number of aliphatic hydroxyl groups excluding tert-OH is 2. The number of primary amides is 1. The van der Waals surface area contributed by atoms with Gasteiger partial charge in [0.1, 0.15) is 6.04 Å². The Kier molecular flexibility index (Phi) is 25.2. The quantitative estimate of drug-likeness (QED) is 0.0625. The molecule has 248 valence electrons. The molecular formula is C33H54N4O5S2. The van der Waals surface area contributed by atoms with Crippen LogP contribution < -0.4 is 22.1 Å². The minimum absolute atomic E-state index is 0.106. The van der Waals surface area contributed by atoms with Crippen LogP contribution in [0.15, 0.2) is 72.9 Å². The van der Waals surface area contributed by atoms with E-state index in [1.807, 2.05) is 12.2 Å². The summed E-state index contributed by atoms with van der Waals surface area (Å²) in [6.07, 6.45) is 30.9. The normalized spacial score (nSPS) is 14.9. The summed E-state index contributed by atoms with van der Waals surface area (Å²) in [6, 6.07) is -1.76. The Morgan fingerprint density at radius 1 is 0.841 bits per heavy atom. The highest BCUT2D eigenvalue weighted by Crippen LogP contribution is 2.37. The Morgan fingerprint density at radius 2 is 1.32 bits per heavy atom. The summed E-state index contributed by atoms with van der Waals surface area (Å²) < 4.78 is -0.721. The van der Waals surface area contributed by atoms with E-state index >= 15 is 0 Å². The molecule has 0 aromatic rings. The molecule has 0 aliphatic rings. The Balaban J connectivity index is 4.21. The first-order valence-corrected chi connectivity index (χ1v) is 17.5. The average molecular weight is 651 g/mol. The van der Waals surface area contributed by atoms with Crippen molar-refractivity contribution in [3.05, 3.63) is 72.9 Å². The van der Waals surface area contributed by atoms with Crippen LogP contribution in [0.2, 0.25) is 0 Å². The van der Waals surface area contributed by atoms with Gasteiger partial charge in [0.25, 0.3) is 0 Å². The smallest absolute Gasteiger partial charge is 0.240 e. The van der Waals surface area contributed by atoms with Crippen molar-refractivity contribution >= 4 is 39.3 Å². The van der Waals surface area contributed by atoms with Gasteiger partial charge in [-0.2, -0.15) is 0 Å². The summed E-state index contributed by atoms with van der Waals surface area (Å²) in [4.78, 5) is 36.5. The number of nitrogens with one attached hydrogen (secondary N) is 2. The van der Waals surface area contributed by atoms with Gasteiger partial charge in [-0.05, 0) is 58.8 Å². The number of aliphatic hydroxyl groups is 2. The van der Waals surface area contributed by atoms with Gasteiger partial charge in [0, 0.05) is 23.5 Å². The van der Waals surface area contributed by atoms with Crippen molar-refractivity contribution in [2.45, 2.75) is 95.1 Å². The molecule has 3 atom stereocenters. The van der Waals surface area contributed by atoms with Crippen LogP contribution in [0.4, 0.5) is 0 Å². The number of allylic oxidation sites excluding steroid dienone is 12. The van der Waals surface area contributed by atoms with E-state index in [-0.39, 0.29) is 24.6 Å². The van der Waals surface area contributed by atoms with Crippen LogP contribution in [-0.2, 0) is 14.4 Å². The maximum absolute atomic E-state index is 12.3. The minimum Gasteiger partial charge on any atom is -0.394 e. The van der Waals surface area contributed by atoms with E-state index in [9.17, 15) is 19.5 Å². The summed E-state index contributed by atoms with van der Waals surface area (Å²) in [5, 5.41) is 23.4. The topological polar surface area (TPSA) is 168 Å². The summed E-state index contributed by atoms with van der Waals surface area (Å²) in [5.41, 5.74) is 11.6. The first kappa shape index (κ1) is 41.4. The molecule has 0 aliphatic heterocycles. The first-order valence-electron chi connectivity index (χ1n) is 15.2. The monoisotopic (exact) mass is 650 g/mol. The van der Waals surface area contributed by atoms with Crippen LogP contribution in [0.25, 0.3) is 0 Å². The maximum atomic E-state index is 12.3. The van der Waals surface area contributed by atoms with Gasteiger partial charge in [0.15, 0.2) is 0 Å². The van der Waals surface area contributed by atoms with Crippen molar-refractivity contribution in [1.29, 1.82) is 0 Å². The Morgan fingerprint density at radius 3 is 1.77 bits per heavy atom. The van der Waals surface area contributed by atoms with Crippen molar-refractivity contribution in [1.82, 2.24) is 10.6 Å². The SMILES string of the molecule is CC/C=C\C/C=C\C/C=C\C/C=C\C/C=C\C/C=C\CCC(=O)NC(CSSC(C)(C)C(N)C(=O)NCC(O)CO)C(N)=O. The van der Waals surface area contributed by atoms with Crippen LogP contribution >= 0.6 is 21.6 Å². The molecule has 11 heteroatoms. The lowest BCUT2D eigenvalue weighted by atomic mass is 10.0. The molecule has 9 nitrogen and oxygen atoms in total. The number of hydrogen-bond acceptors (Lipinski definition) is 8. The van der Waals surface area contributed by atoms with E-state index in [1.54, 1.807) is 13.8 Å². The number of carbonyl (C=O) groups is 3. The van der Waals surface area contributed by atoms with Gasteiger partial charge in [-0.25, -0.2) is 0 Å². The molecule has 0 saturated carbocycles. The fraction of sp³-hybridized carbons (Fsp3) is 0.545. The second-order valence-corrected chi connectivity index (χ2v) is 13.5. The van der Waals surface area contributed by atoms with E-state index in [0.717, 1.165) is 38.5 Å². The molecule has 0 aromatic carbocycles. The highest BCUT2D eigenvalue weighted by atomic mass is 33.1. The molecule has 3 unspecified atom stereocenters. The Hall–Kier alpha value is -2.57. The standard InChI is InChI=1S/C33H54N4O5S2/c1-4-5-6-7-8-9-10-11-12-13-14-15-16-17-18-19-20-21-22-23-29(40)37-28(31(35)41)26-43-44-33(2,3)30(34)32(42)36-24-27(39)25-38/h5-6,8-9,11-12,14-15,17-18,20-21,27-28,30,38-39H,4,7,10,13,16,19,22-26,34H2,1-3H3,(H2,35,41)(H,36,42)(H,37,40)/b6-5-,9-8-,12-11-,15-14-,18-17-,21-20-. The van der Waals surface area contributed by atoms with E-state index in [4.69, 9.17) is 16.6 Å². The number of nitrogens with two attached hydrogens (primary N) is 2. The zero-order chi connectivity index (χ0) is 33.1. The molecule has 8 N–H and O–H groups in total. The lowest BCUT2D eigenvalue weighted by molar-refractivity contribution is -0.126. The predicted molar refractivity (Wildman–Crippen MR) is 187 cm³/mol. The minimum atomic E-state index is -1.06. The number of amides is 3. The second-order valence-electron chi connectivity index (χ2n) is 10.5. The van der Waals surface area contributed by atoms with Gasteiger partial charge in [-0.1, -0.05) is 101 Å². The van der Waals surface area contributed by atoms with Crippen molar-refractivity contribution in [2.75, 3.05) is 18.9 Å². The van der Waals surface area contributed by atoms with Gasteiger partial charge < -0.3 is 32.3 Å². The van der Waals surface area contributed by atoms with E-state index in [2.05, 4.69) is 78.3 Å². The molecule has 0 bridgehead atoms. The molecule has 0 spiro atoms. The predicted octanol–water partition coefficient (Wildman–Crippen LogP) is 4.39. The lowest BCUT2D eigenvalue weighted by Gasteiger charge is -2.30. The van der Waals surface area contributed by atoms with Gasteiger partial charge in [-0.15, -0.1) is 0 Å². The zero-order valence-electron chi connectivity index (χ0n) is 26.5. The van der Waals surface area contributed by atoms with Crippen molar-refractivity contribution < 1.29 is 24.6 Å². The third kappa shape index (κ3) is 22.9. The van der Waals surface area contributed by atoms with Crippen LogP contribution in [0.5, 0.6) is 0 Å². The highest BCUT2D eigenvalue weighted by molar-refractivity contribution is 8.77. The summed E-state index contributed by atoms with van der Waals surface area (Å²) >= 11 is 0. The maximum Gasteiger partial charge on any atom is 0.240 e. The molecule has 0 rings (SSSR count). The second kappa shape index (κ2) is 26.8. The van der Waals surface area contributed by atoms with Crippen LogP contribution in [-0.4, -0.2) is 69.8 Å². The van der Waals surface area contributed by atoms with Gasteiger partial charge in [0.05, 0.1) is 18.8 Å². The van der Waals surface area contributed by atoms with Crippen LogP contribution in [0, 0.1) is 0 Å². The molecule has 3 amide bonds. The Labute approximate surface area is 272 Å². The van der Waals surface area contributed by atoms with E-state index < -0.39 is 41.4 Å². The fourth-order valence-corrected chi connectivity index (χ4v) is 6.13. The van der Waals surface area contributed by atoms with Crippen LogP contribution in [0.3, 0.4) is 0 Å². The first-order chi connectivity index (χ1) is 21.0. The van der Waals surface area contributed by atoms with Gasteiger partial charge in [0.2, 0.25) is 17.7 Å². The zero-order valence-corrected chi connectivity index (χ0v) is 28.2. The molecule has 44 heavy (non-hydrogen) atoms. The molecular weight excluding hydrogens is 597 g/mol. The van der Waals surface area contributed by atoms with Crippen molar-refractivity contribution in [3.8, 4) is 0 Å². The van der Waals surface area contributed by atoms with Gasteiger partial charge >= 0.3 is 0 Å². The number of carbonyl (C=O) groups excluding carboxylic acids is 3. The molecule has 0 aromatic heterocycles. The number of hydrogen-bond donors (Lipinski definition) is 6. The molecule has 0 aliphatic carbocycles. The summed E-state index contributed by atoms with van der Waals surface area (Å²) in [6.45, 7) is 5.12. The third-order valence-corrected chi connectivity index (χ3v) is 9.40.